The number of amides is 1. The van der Waals surface area contributed by atoms with Crippen LogP contribution in [-0.4, -0.2) is 58.9 Å². The van der Waals surface area contributed by atoms with Gasteiger partial charge in [-0.15, -0.1) is 0 Å². The van der Waals surface area contributed by atoms with Crippen molar-refractivity contribution >= 4 is 34.4 Å². The Hall–Kier alpha value is -3.66. The van der Waals surface area contributed by atoms with Crippen molar-refractivity contribution in [1.82, 2.24) is 20.3 Å². The van der Waals surface area contributed by atoms with E-state index in [0.29, 0.717) is 33.6 Å². The Morgan fingerprint density at radius 1 is 1.14 bits per heavy atom. The number of aromatic amines is 1. The molecule has 3 N–H and O–H groups in total. The maximum Gasteiger partial charge on any atom is 0.301 e. The van der Waals surface area contributed by atoms with E-state index in [4.69, 9.17) is 26.2 Å². The molecule has 10 heteroatoms. The van der Waals surface area contributed by atoms with E-state index in [1.807, 2.05) is 38.1 Å². The number of carbonyl (C=O) groups excluding carboxylic acids is 1. The van der Waals surface area contributed by atoms with Crippen LogP contribution in [0, 0.1) is 0 Å². The zero-order valence-electron chi connectivity index (χ0n) is 20.6. The smallest absolute Gasteiger partial charge is 0.301 e. The number of anilines is 1. The second kappa shape index (κ2) is 10.4. The van der Waals surface area contributed by atoms with E-state index in [-0.39, 0.29) is 0 Å². The molecule has 2 aromatic carbocycles. The fourth-order valence-corrected chi connectivity index (χ4v) is 4.57. The van der Waals surface area contributed by atoms with Gasteiger partial charge in [0.15, 0.2) is 5.65 Å². The molecule has 0 radical (unpaired) electrons. The Labute approximate surface area is 219 Å². The van der Waals surface area contributed by atoms with Gasteiger partial charge in [0.05, 0.1) is 35.0 Å². The zero-order valence-corrected chi connectivity index (χ0v) is 21.4. The highest BCUT2D eigenvalue weighted by Crippen LogP contribution is 2.32. The summed E-state index contributed by atoms with van der Waals surface area (Å²) in [7, 11) is 0. The fourth-order valence-electron chi connectivity index (χ4n) is 4.31. The molecule has 0 saturated carbocycles. The summed E-state index contributed by atoms with van der Waals surface area (Å²) in [5, 5.41) is 12.3. The minimum absolute atomic E-state index is 0.291. The van der Waals surface area contributed by atoms with Crippen LogP contribution in [0.1, 0.15) is 19.4 Å². The molecule has 0 unspecified atom stereocenters. The lowest BCUT2D eigenvalue weighted by Crippen LogP contribution is -2.42. The number of nitrogens with one attached hydrogen (secondary N) is 2. The normalized spacial score (nSPS) is 14.1. The summed E-state index contributed by atoms with van der Waals surface area (Å²) in [6.45, 7) is 6.39. The molecule has 192 valence electrons. The number of pyridine rings is 1. The maximum atomic E-state index is 11.6. The van der Waals surface area contributed by atoms with Gasteiger partial charge in [0, 0.05) is 24.3 Å². The molecule has 2 aromatic heterocycles. The van der Waals surface area contributed by atoms with Crippen LogP contribution >= 0.6 is 11.6 Å². The van der Waals surface area contributed by atoms with Gasteiger partial charge in [-0.1, -0.05) is 35.9 Å². The summed E-state index contributed by atoms with van der Waals surface area (Å²) < 4.78 is 11.3. The number of nitrogens with zero attached hydrogens (tertiary/aromatic N) is 3. The van der Waals surface area contributed by atoms with Gasteiger partial charge < -0.3 is 29.8 Å². The molecule has 0 aliphatic carbocycles. The van der Waals surface area contributed by atoms with Crippen LogP contribution in [0.25, 0.3) is 22.4 Å². The van der Waals surface area contributed by atoms with Crippen LogP contribution < -0.4 is 15.0 Å². The lowest BCUT2D eigenvalue weighted by atomic mass is 9.94. The van der Waals surface area contributed by atoms with Crippen LogP contribution in [0.3, 0.4) is 0 Å². The third-order valence-electron chi connectivity index (χ3n) is 6.31. The molecule has 37 heavy (non-hydrogen) atoms. The van der Waals surface area contributed by atoms with Crippen molar-refractivity contribution in [3.63, 3.8) is 0 Å². The van der Waals surface area contributed by atoms with Gasteiger partial charge >= 0.3 is 6.01 Å². The topological polar surface area (TPSA) is 113 Å². The summed E-state index contributed by atoms with van der Waals surface area (Å²) in [5.74, 6) is 0.128. The molecule has 1 amide bonds. The average molecular weight is 522 g/mol. The van der Waals surface area contributed by atoms with Crippen molar-refractivity contribution in [1.29, 1.82) is 0 Å². The van der Waals surface area contributed by atoms with Crippen LogP contribution in [-0.2, 0) is 15.1 Å². The van der Waals surface area contributed by atoms with E-state index < -0.39 is 18.1 Å². The number of aliphatic hydroxyl groups excluding tert-OH is 1. The number of aromatic nitrogens is 3. The van der Waals surface area contributed by atoms with Crippen LogP contribution in [0.4, 0.5) is 5.69 Å². The summed E-state index contributed by atoms with van der Waals surface area (Å²) in [4.78, 5) is 26.2. The van der Waals surface area contributed by atoms with E-state index in [2.05, 4.69) is 37.3 Å². The first-order valence-electron chi connectivity index (χ1n) is 12.0. The first-order chi connectivity index (χ1) is 17.8. The van der Waals surface area contributed by atoms with Gasteiger partial charge in [0.1, 0.15) is 12.4 Å². The standard InChI is InChI=1S/C27H28ClN5O4/c1-27(2,32-23(35)16-34)18-5-9-20(10-6-18)37-26-29-22-15-21(28)24(30-25(22)31-26)17-3-7-19(8-4-17)33-11-13-36-14-12-33/h3-10,15,34H,11-14,16H2,1-2H3,(H,32,35)(H,29,30,31). The van der Waals surface area contributed by atoms with Gasteiger partial charge in [-0.25, -0.2) is 4.98 Å². The number of halogens is 1. The summed E-state index contributed by atoms with van der Waals surface area (Å²) >= 11 is 6.58. The van der Waals surface area contributed by atoms with E-state index in [9.17, 15) is 4.79 Å². The fraction of sp³-hybridized carbons (Fsp3) is 0.296. The summed E-state index contributed by atoms with van der Waals surface area (Å²) in [5.41, 5.74) is 4.08. The molecule has 5 rings (SSSR count). The van der Waals surface area contributed by atoms with Crippen molar-refractivity contribution in [3.8, 4) is 23.0 Å². The molecule has 1 saturated heterocycles. The van der Waals surface area contributed by atoms with E-state index in [1.165, 1.54) is 0 Å². The first-order valence-corrected chi connectivity index (χ1v) is 12.4. The molecule has 1 fully saturated rings. The van der Waals surface area contributed by atoms with Gasteiger partial charge in [-0.2, -0.15) is 4.98 Å². The highest BCUT2D eigenvalue weighted by molar-refractivity contribution is 6.33. The Morgan fingerprint density at radius 3 is 2.51 bits per heavy atom. The molecule has 4 aromatic rings. The monoisotopic (exact) mass is 521 g/mol. The number of benzene rings is 2. The molecule has 1 aliphatic rings. The molecule has 3 heterocycles. The summed E-state index contributed by atoms with van der Waals surface area (Å²) in [6.07, 6.45) is 0. The van der Waals surface area contributed by atoms with Crippen LogP contribution in [0.5, 0.6) is 11.8 Å². The molecule has 0 spiro atoms. The van der Waals surface area contributed by atoms with Gasteiger partial charge in [0.2, 0.25) is 5.91 Å². The minimum Gasteiger partial charge on any atom is -0.426 e. The highest BCUT2D eigenvalue weighted by atomic mass is 35.5. The predicted molar refractivity (Wildman–Crippen MR) is 142 cm³/mol. The SMILES string of the molecule is CC(C)(NC(=O)CO)c1ccc(Oc2nc3nc(-c4ccc(N5CCOCC5)cc4)c(Cl)cc3[nH]2)cc1. The third-order valence-corrected chi connectivity index (χ3v) is 6.60. The summed E-state index contributed by atoms with van der Waals surface area (Å²) in [6, 6.07) is 17.5. The van der Waals surface area contributed by atoms with E-state index in [1.54, 1.807) is 18.2 Å². The number of hydrogen-bond acceptors (Lipinski definition) is 7. The number of fused-ring (bicyclic) bond motifs is 1. The maximum absolute atomic E-state index is 11.6. The first kappa shape index (κ1) is 25.0. The highest BCUT2D eigenvalue weighted by Gasteiger charge is 2.22. The predicted octanol–water partition coefficient (Wildman–Crippen LogP) is 4.25. The van der Waals surface area contributed by atoms with Crippen LogP contribution in [0.15, 0.2) is 54.6 Å². The molecule has 1 aliphatic heterocycles. The Kier molecular flexibility index (Phi) is 7.01. The largest absolute Gasteiger partial charge is 0.426 e. The van der Waals surface area contributed by atoms with Crippen LogP contribution in [0.2, 0.25) is 5.02 Å². The van der Waals surface area contributed by atoms with Crippen molar-refractivity contribution in [2.24, 2.45) is 0 Å². The molecule has 0 atom stereocenters. The Morgan fingerprint density at radius 2 is 1.84 bits per heavy atom. The lowest BCUT2D eigenvalue weighted by Gasteiger charge is -2.28. The van der Waals surface area contributed by atoms with Gasteiger partial charge in [0.25, 0.3) is 0 Å². The number of H-pyrrole nitrogens is 1. The molecule has 9 nitrogen and oxygen atoms in total. The zero-order chi connectivity index (χ0) is 26.0. The molecular formula is C27H28ClN5O4. The third kappa shape index (κ3) is 5.53. The number of aliphatic hydroxyl groups is 1. The van der Waals surface area contributed by atoms with Crippen molar-refractivity contribution in [3.05, 3.63) is 65.2 Å². The molecular weight excluding hydrogens is 494 g/mol. The second-order valence-corrected chi connectivity index (χ2v) is 9.74. The van der Waals surface area contributed by atoms with E-state index in [0.717, 1.165) is 43.1 Å². The van der Waals surface area contributed by atoms with Crippen molar-refractivity contribution in [2.75, 3.05) is 37.8 Å². The number of hydrogen-bond donors (Lipinski definition) is 3. The van der Waals surface area contributed by atoms with Gasteiger partial charge in [-0.05, 0) is 49.7 Å². The van der Waals surface area contributed by atoms with Gasteiger partial charge in [-0.3, -0.25) is 4.79 Å². The van der Waals surface area contributed by atoms with E-state index >= 15 is 0 Å². The van der Waals surface area contributed by atoms with Crippen molar-refractivity contribution < 1.29 is 19.4 Å². The lowest BCUT2D eigenvalue weighted by molar-refractivity contribution is -0.125. The number of imidazole rings is 1. The quantitative estimate of drug-likeness (QED) is 0.333. The average Bonchev–Trinajstić information content (AvgIpc) is 3.29. The number of rotatable bonds is 7. The van der Waals surface area contributed by atoms with Crippen molar-refractivity contribution in [2.45, 2.75) is 19.4 Å². The number of ether oxygens (including phenoxy) is 2. The second-order valence-electron chi connectivity index (χ2n) is 9.34. The number of carbonyl (C=O) groups is 1. The molecule has 0 bridgehead atoms. The Balaban J connectivity index is 1.33. The Bertz CT molecular complexity index is 1400. The minimum atomic E-state index is -0.644. The number of morpholine rings is 1.